The molecule has 2 aromatic heterocycles. The number of rotatable bonds is 5. The Morgan fingerprint density at radius 3 is 2.83 bits per heavy atom. The maximum absolute atomic E-state index is 13.5. The molecule has 5 rings (SSSR count). The second-order valence-corrected chi connectivity index (χ2v) is 8.70. The first-order chi connectivity index (χ1) is 14.7. The molecule has 3 aromatic rings. The number of fused-ring (bicyclic) bond motifs is 1. The minimum atomic E-state index is -0.661. The number of hydrogen-bond donors (Lipinski definition) is 0. The van der Waals surface area contributed by atoms with Crippen LogP contribution in [0, 0.1) is 6.92 Å². The standard InChI is InChI=1S/C22H23FN4O2S/c1-15-4-2-3-5-19(15)27(20-12-28-14-29-20)21-18-10-17(30-22(18)25-13-24-21)11-26-8-6-16(23)7-9-26/h2-5,10,12-13,16H,6-9,11,14H2,1H3. The fourth-order valence-corrected chi connectivity index (χ4v) is 4.96. The van der Waals surface area contributed by atoms with E-state index in [1.807, 2.05) is 23.1 Å². The summed E-state index contributed by atoms with van der Waals surface area (Å²) in [4.78, 5) is 15.5. The summed E-state index contributed by atoms with van der Waals surface area (Å²) in [6.07, 6.45) is 3.78. The molecule has 0 bridgehead atoms. The van der Waals surface area contributed by atoms with Crippen molar-refractivity contribution in [3.8, 4) is 0 Å². The molecule has 0 N–H and O–H groups in total. The van der Waals surface area contributed by atoms with E-state index in [-0.39, 0.29) is 6.79 Å². The van der Waals surface area contributed by atoms with Gasteiger partial charge in [-0.25, -0.2) is 14.4 Å². The molecule has 4 heterocycles. The summed E-state index contributed by atoms with van der Waals surface area (Å²) >= 11 is 1.66. The van der Waals surface area contributed by atoms with Crippen molar-refractivity contribution in [2.45, 2.75) is 32.5 Å². The molecule has 2 aliphatic heterocycles. The van der Waals surface area contributed by atoms with E-state index < -0.39 is 6.17 Å². The average Bonchev–Trinajstić information content (AvgIpc) is 3.41. The molecule has 0 aliphatic carbocycles. The molecule has 8 heteroatoms. The number of aromatic nitrogens is 2. The van der Waals surface area contributed by atoms with Crippen LogP contribution in [0.2, 0.25) is 0 Å². The van der Waals surface area contributed by atoms with Gasteiger partial charge < -0.3 is 9.47 Å². The summed E-state index contributed by atoms with van der Waals surface area (Å²) in [7, 11) is 0. The lowest BCUT2D eigenvalue weighted by molar-refractivity contribution is 0.0797. The number of piperidine rings is 1. The average molecular weight is 427 g/mol. The van der Waals surface area contributed by atoms with Gasteiger partial charge in [-0.2, -0.15) is 0 Å². The second kappa shape index (κ2) is 8.20. The van der Waals surface area contributed by atoms with E-state index in [1.54, 1.807) is 23.9 Å². The number of benzene rings is 1. The molecule has 1 aromatic carbocycles. The highest BCUT2D eigenvalue weighted by Crippen LogP contribution is 2.38. The largest absolute Gasteiger partial charge is 0.459 e. The van der Waals surface area contributed by atoms with Crippen LogP contribution in [-0.4, -0.2) is 40.9 Å². The van der Waals surface area contributed by atoms with Crippen LogP contribution in [0.15, 0.2) is 48.8 Å². The molecule has 2 aliphatic rings. The Labute approximate surface area is 178 Å². The van der Waals surface area contributed by atoms with Crippen LogP contribution >= 0.6 is 11.3 Å². The number of likely N-dealkylation sites (tertiary alicyclic amines) is 1. The summed E-state index contributed by atoms with van der Waals surface area (Å²) in [5.74, 6) is 1.36. The third-order valence-corrected chi connectivity index (χ3v) is 6.53. The monoisotopic (exact) mass is 426 g/mol. The van der Waals surface area contributed by atoms with Gasteiger partial charge in [-0.1, -0.05) is 18.2 Å². The van der Waals surface area contributed by atoms with Gasteiger partial charge in [0.25, 0.3) is 0 Å². The Kier molecular flexibility index (Phi) is 5.26. The van der Waals surface area contributed by atoms with Gasteiger partial charge >= 0.3 is 0 Å². The zero-order valence-corrected chi connectivity index (χ0v) is 17.6. The van der Waals surface area contributed by atoms with Gasteiger partial charge in [-0.05, 0) is 37.5 Å². The predicted octanol–water partition coefficient (Wildman–Crippen LogP) is 4.87. The number of halogens is 1. The third kappa shape index (κ3) is 3.73. The molecule has 156 valence electrons. The van der Waals surface area contributed by atoms with Gasteiger partial charge in [-0.3, -0.25) is 9.80 Å². The Morgan fingerprint density at radius 2 is 2.07 bits per heavy atom. The lowest BCUT2D eigenvalue weighted by Crippen LogP contribution is -2.33. The number of anilines is 2. The first-order valence-corrected chi connectivity index (χ1v) is 10.9. The van der Waals surface area contributed by atoms with Crippen LogP contribution in [0.25, 0.3) is 10.2 Å². The van der Waals surface area contributed by atoms with Crippen LogP contribution < -0.4 is 4.90 Å². The van der Waals surface area contributed by atoms with Gasteiger partial charge in [0.1, 0.15) is 23.6 Å². The number of hydrogen-bond acceptors (Lipinski definition) is 7. The lowest BCUT2D eigenvalue weighted by Gasteiger charge is -2.27. The van der Waals surface area contributed by atoms with Crippen molar-refractivity contribution in [2.24, 2.45) is 0 Å². The Bertz CT molecular complexity index is 1080. The highest BCUT2D eigenvalue weighted by atomic mass is 32.1. The highest BCUT2D eigenvalue weighted by molar-refractivity contribution is 7.18. The van der Waals surface area contributed by atoms with Crippen molar-refractivity contribution in [3.05, 3.63) is 59.2 Å². The van der Waals surface area contributed by atoms with Crippen molar-refractivity contribution >= 4 is 33.1 Å². The van der Waals surface area contributed by atoms with E-state index in [1.165, 1.54) is 4.88 Å². The fraction of sp³-hybridized carbons (Fsp3) is 0.364. The van der Waals surface area contributed by atoms with Gasteiger partial charge in [0, 0.05) is 24.5 Å². The third-order valence-electron chi connectivity index (χ3n) is 5.50. The first kappa shape index (κ1) is 19.3. The number of ether oxygens (including phenoxy) is 2. The molecule has 1 fully saturated rings. The zero-order chi connectivity index (χ0) is 20.5. The number of para-hydroxylation sites is 1. The Hall–Kier alpha value is -2.71. The molecule has 1 saturated heterocycles. The van der Waals surface area contributed by atoms with E-state index >= 15 is 0 Å². The molecule has 0 atom stereocenters. The number of alkyl halides is 1. The zero-order valence-electron chi connectivity index (χ0n) is 16.8. The van der Waals surface area contributed by atoms with Crippen LogP contribution in [0.5, 0.6) is 0 Å². The van der Waals surface area contributed by atoms with Crippen molar-refractivity contribution in [1.29, 1.82) is 0 Å². The van der Waals surface area contributed by atoms with E-state index in [0.29, 0.717) is 18.7 Å². The molecule has 0 radical (unpaired) electrons. The van der Waals surface area contributed by atoms with Crippen LogP contribution in [-0.2, 0) is 16.0 Å². The smallest absolute Gasteiger partial charge is 0.238 e. The van der Waals surface area contributed by atoms with Crippen molar-refractivity contribution in [1.82, 2.24) is 14.9 Å². The molecule has 0 unspecified atom stereocenters. The van der Waals surface area contributed by atoms with Crippen molar-refractivity contribution < 1.29 is 13.9 Å². The van der Waals surface area contributed by atoms with E-state index in [2.05, 4.69) is 33.9 Å². The highest BCUT2D eigenvalue weighted by Gasteiger charge is 2.26. The van der Waals surface area contributed by atoms with Crippen molar-refractivity contribution in [2.75, 3.05) is 24.8 Å². The SMILES string of the molecule is Cc1ccccc1N(C1=COCO1)c1ncnc2sc(CN3CCC(F)CC3)cc12. The summed E-state index contributed by atoms with van der Waals surface area (Å²) in [5, 5.41) is 0.970. The van der Waals surface area contributed by atoms with Gasteiger partial charge in [-0.15, -0.1) is 11.3 Å². The maximum atomic E-state index is 13.5. The molecular weight excluding hydrogens is 403 g/mol. The fourth-order valence-electron chi connectivity index (χ4n) is 3.93. The number of aryl methyl sites for hydroxylation is 1. The van der Waals surface area contributed by atoms with E-state index in [4.69, 9.17) is 9.47 Å². The quantitative estimate of drug-likeness (QED) is 0.580. The molecule has 6 nitrogen and oxygen atoms in total. The topological polar surface area (TPSA) is 50.7 Å². The Balaban J connectivity index is 1.53. The molecular formula is C22H23FN4O2S. The molecule has 0 spiro atoms. The normalized spacial score (nSPS) is 17.6. The molecule has 0 amide bonds. The minimum Gasteiger partial charge on any atom is -0.459 e. The molecule has 30 heavy (non-hydrogen) atoms. The van der Waals surface area contributed by atoms with Crippen LogP contribution in [0.3, 0.4) is 0 Å². The predicted molar refractivity (Wildman–Crippen MR) is 115 cm³/mol. The number of thiophene rings is 1. The van der Waals surface area contributed by atoms with Crippen LogP contribution in [0.4, 0.5) is 15.9 Å². The van der Waals surface area contributed by atoms with Gasteiger partial charge in [0.05, 0.1) is 11.1 Å². The summed E-state index contributed by atoms with van der Waals surface area (Å²) in [5.41, 5.74) is 2.08. The van der Waals surface area contributed by atoms with E-state index in [0.717, 1.165) is 46.9 Å². The second-order valence-electron chi connectivity index (χ2n) is 7.59. The van der Waals surface area contributed by atoms with Crippen LogP contribution in [0.1, 0.15) is 23.3 Å². The molecule has 0 saturated carbocycles. The van der Waals surface area contributed by atoms with Crippen molar-refractivity contribution in [3.63, 3.8) is 0 Å². The van der Waals surface area contributed by atoms with Gasteiger partial charge in [0.2, 0.25) is 12.7 Å². The lowest BCUT2D eigenvalue weighted by atomic mass is 10.1. The maximum Gasteiger partial charge on any atom is 0.238 e. The Morgan fingerprint density at radius 1 is 1.23 bits per heavy atom. The summed E-state index contributed by atoms with van der Waals surface area (Å²) in [6, 6.07) is 10.3. The van der Waals surface area contributed by atoms with Gasteiger partial charge in [0.15, 0.2) is 5.82 Å². The summed E-state index contributed by atoms with van der Waals surface area (Å²) < 4.78 is 24.5. The minimum absolute atomic E-state index is 0.186. The summed E-state index contributed by atoms with van der Waals surface area (Å²) in [6.45, 7) is 4.64. The first-order valence-electron chi connectivity index (χ1n) is 10.1. The van der Waals surface area contributed by atoms with E-state index in [9.17, 15) is 4.39 Å². The number of nitrogens with zero attached hydrogens (tertiary/aromatic N) is 4.